The van der Waals surface area contributed by atoms with Crippen LogP contribution in [0.5, 0.6) is 0 Å². The van der Waals surface area contributed by atoms with Crippen molar-refractivity contribution < 1.29 is 9.53 Å². The highest BCUT2D eigenvalue weighted by Crippen LogP contribution is 2.09. The molecule has 0 atom stereocenters. The lowest BCUT2D eigenvalue weighted by Crippen LogP contribution is -2.06. The van der Waals surface area contributed by atoms with Crippen LogP contribution in [0.1, 0.15) is 11.1 Å². The van der Waals surface area contributed by atoms with Gasteiger partial charge in [-0.05, 0) is 17.2 Å². The van der Waals surface area contributed by atoms with E-state index in [0.29, 0.717) is 0 Å². The van der Waals surface area contributed by atoms with Crippen LogP contribution in [-0.2, 0) is 16.1 Å². The Balaban J connectivity index is 2.03. The molecule has 3 heteroatoms. The first-order valence-corrected chi connectivity index (χ1v) is 6.17. The number of hydrogen-bond acceptors (Lipinski definition) is 3. The molecule has 98 valence electrons. The maximum atomic E-state index is 11.8. The highest BCUT2D eigenvalue weighted by Gasteiger charge is 2.10. The van der Waals surface area contributed by atoms with Gasteiger partial charge in [-0.25, -0.2) is 4.79 Å². The van der Waals surface area contributed by atoms with Gasteiger partial charge in [0.05, 0.1) is 0 Å². The van der Waals surface area contributed by atoms with Crippen molar-refractivity contribution in [2.45, 2.75) is 6.61 Å². The minimum absolute atomic E-state index is 0.00729. The largest absolute Gasteiger partial charge is 0.457 e. The summed E-state index contributed by atoms with van der Waals surface area (Å²) >= 11 is 0. The molecule has 0 aliphatic heterocycles. The Hall–Kier alpha value is -2.86. The lowest BCUT2D eigenvalue weighted by atomic mass is 10.1. The van der Waals surface area contributed by atoms with Gasteiger partial charge in [0.1, 0.15) is 18.2 Å². The fourth-order valence-electron chi connectivity index (χ4n) is 1.65. The fraction of sp³-hybridized carbons (Fsp3) is 0.0588. The van der Waals surface area contributed by atoms with E-state index in [9.17, 15) is 4.79 Å². The van der Waals surface area contributed by atoms with E-state index in [-0.39, 0.29) is 12.2 Å². The van der Waals surface area contributed by atoms with Crippen LogP contribution < -0.4 is 0 Å². The minimum atomic E-state index is -0.611. The number of esters is 1. The van der Waals surface area contributed by atoms with Crippen molar-refractivity contribution in [1.82, 2.24) is 0 Å². The van der Waals surface area contributed by atoms with E-state index in [1.165, 1.54) is 6.08 Å². The van der Waals surface area contributed by atoms with Gasteiger partial charge >= 0.3 is 5.97 Å². The number of hydrogen-bond donors (Lipinski definition) is 0. The summed E-state index contributed by atoms with van der Waals surface area (Å²) in [5, 5.41) is 9.04. The molecule has 0 unspecified atom stereocenters. The quantitative estimate of drug-likeness (QED) is 0.483. The van der Waals surface area contributed by atoms with Crippen molar-refractivity contribution in [3.05, 3.63) is 77.4 Å². The van der Waals surface area contributed by atoms with Crippen molar-refractivity contribution in [3.63, 3.8) is 0 Å². The number of ether oxygens (including phenoxy) is 1. The van der Waals surface area contributed by atoms with Gasteiger partial charge in [-0.1, -0.05) is 60.7 Å². The third-order valence-electron chi connectivity index (χ3n) is 2.66. The first kappa shape index (κ1) is 13.6. The highest BCUT2D eigenvalue weighted by molar-refractivity contribution is 5.97. The molecule has 0 fully saturated rings. The van der Waals surface area contributed by atoms with Gasteiger partial charge in [0.25, 0.3) is 0 Å². The molecule has 0 aliphatic carbocycles. The number of benzene rings is 2. The summed E-state index contributed by atoms with van der Waals surface area (Å²) in [5.74, 6) is -0.611. The predicted molar refractivity (Wildman–Crippen MR) is 76.3 cm³/mol. The van der Waals surface area contributed by atoms with Gasteiger partial charge in [-0.2, -0.15) is 5.26 Å². The van der Waals surface area contributed by atoms with E-state index in [2.05, 4.69) is 0 Å². The Morgan fingerprint density at radius 2 is 1.65 bits per heavy atom. The molecule has 3 nitrogen and oxygen atoms in total. The third kappa shape index (κ3) is 3.82. The van der Waals surface area contributed by atoms with Gasteiger partial charge < -0.3 is 4.74 Å². The third-order valence-corrected chi connectivity index (χ3v) is 2.66. The van der Waals surface area contributed by atoms with Gasteiger partial charge in [0.15, 0.2) is 0 Å². The summed E-state index contributed by atoms with van der Waals surface area (Å²) in [6.07, 6.45) is 1.52. The zero-order valence-corrected chi connectivity index (χ0v) is 10.8. The molecule has 0 N–H and O–H groups in total. The Kier molecular flexibility index (Phi) is 4.69. The summed E-state index contributed by atoms with van der Waals surface area (Å²) in [7, 11) is 0. The Morgan fingerprint density at radius 3 is 2.25 bits per heavy atom. The van der Waals surface area contributed by atoms with Crippen LogP contribution in [0.15, 0.2) is 66.2 Å². The maximum absolute atomic E-state index is 11.8. The molecule has 0 aliphatic rings. The molecule has 0 bridgehead atoms. The molecule has 0 saturated carbocycles. The number of nitriles is 1. The van der Waals surface area contributed by atoms with Crippen LogP contribution in [-0.4, -0.2) is 5.97 Å². The Bertz CT molecular complexity index is 640. The van der Waals surface area contributed by atoms with Crippen LogP contribution in [0, 0.1) is 11.3 Å². The molecule has 2 aromatic rings. The van der Waals surface area contributed by atoms with Crippen LogP contribution in [0.2, 0.25) is 0 Å². The van der Waals surface area contributed by atoms with Gasteiger partial charge in [0.2, 0.25) is 0 Å². The molecule has 2 aromatic carbocycles. The van der Waals surface area contributed by atoms with Crippen molar-refractivity contribution in [1.29, 1.82) is 5.26 Å². The average molecular weight is 263 g/mol. The smallest absolute Gasteiger partial charge is 0.349 e. The number of nitrogens with zero attached hydrogens (tertiary/aromatic N) is 1. The second-order valence-electron chi connectivity index (χ2n) is 4.14. The molecule has 0 heterocycles. The summed E-state index contributed by atoms with van der Waals surface area (Å²) in [5.41, 5.74) is 1.67. The Morgan fingerprint density at radius 1 is 1.05 bits per heavy atom. The molecule has 0 amide bonds. The first-order valence-electron chi connectivity index (χ1n) is 6.17. The molecule has 0 aromatic heterocycles. The second kappa shape index (κ2) is 6.91. The second-order valence-corrected chi connectivity index (χ2v) is 4.14. The summed E-state index contributed by atoms with van der Waals surface area (Å²) in [4.78, 5) is 11.8. The number of carbonyl (C=O) groups excluding carboxylic acids is 1. The van der Waals surface area contributed by atoms with Crippen molar-refractivity contribution >= 4 is 12.0 Å². The summed E-state index contributed by atoms with van der Waals surface area (Å²) < 4.78 is 5.12. The molecular weight excluding hydrogens is 250 g/mol. The zero-order valence-electron chi connectivity index (χ0n) is 10.8. The SMILES string of the molecule is N#C/C(=C\c1ccccc1)C(=O)OCc1ccccc1. The van der Waals surface area contributed by atoms with Crippen LogP contribution >= 0.6 is 0 Å². The topological polar surface area (TPSA) is 50.1 Å². The van der Waals surface area contributed by atoms with E-state index in [4.69, 9.17) is 10.00 Å². The molecular formula is C17H13NO2. The van der Waals surface area contributed by atoms with Gasteiger partial charge in [0, 0.05) is 0 Å². The van der Waals surface area contributed by atoms with Crippen molar-refractivity contribution in [3.8, 4) is 6.07 Å². The Labute approximate surface area is 117 Å². The summed E-state index contributed by atoms with van der Waals surface area (Å²) in [6, 6.07) is 20.4. The number of carbonyl (C=O) groups is 1. The van der Waals surface area contributed by atoms with E-state index >= 15 is 0 Å². The predicted octanol–water partition coefficient (Wildman–Crippen LogP) is 3.34. The molecule has 20 heavy (non-hydrogen) atoms. The minimum Gasteiger partial charge on any atom is -0.457 e. The molecule has 0 radical (unpaired) electrons. The zero-order chi connectivity index (χ0) is 14.2. The van der Waals surface area contributed by atoms with Gasteiger partial charge in [-0.15, -0.1) is 0 Å². The van der Waals surface area contributed by atoms with Crippen LogP contribution in [0.4, 0.5) is 0 Å². The summed E-state index contributed by atoms with van der Waals surface area (Å²) in [6.45, 7) is 0.160. The van der Waals surface area contributed by atoms with E-state index in [0.717, 1.165) is 11.1 Å². The normalized spacial score (nSPS) is 10.7. The standard InChI is InChI=1S/C17H13NO2/c18-12-16(11-14-7-3-1-4-8-14)17(19)20-13-15-9-5-2-6-10-15/h1-11H,13H2/b16-11+. The first-order chi connectivity index (χ1) is 9.79. The lowest BCUT2D eigenvalue weighted by Gasteiger charge is -2.03. The van der Waals surface area contributed by atoms with E-state index in [1.807, 2.05) is 66.7 Å². The van der Waals surface area contributed by atoms with Gasteiger partial charge in [-0.3, -0.25) is 0 Å². The van der Waals surface area contributed by atoms with Crippen molar-refractivity contribution in [2.24, 2.45) is 0 Å². The molecule has 0 saturated heterocycles. The highest BCUT2D eigenvalue weighted by atomic mass is 16.5. The number of rotatable bonds is 4. The average Bonchev–Trinajstić information content (AvgIpc) is 2.52. The maximum Gasteiger partial charge on any atom is 0.349 e. The molecule has 2 rings (SSSR count). The monoisotopic (exact) mass is 263 g/mol. The van der Waals surface area contributed by atoms with Crippen LogP contribution in [0.3, 0.4) is 0 Å². The lowest BCUT2D eigenvalue weighted by molar-refractivity contribution is -0.139. The van der Waals surface area contributed by atoms with Crippen LogP contribution in [0.25, 0.3) is 6.08 Å². The molecule has 0 spiro atoms. The van der Waals surface area contributed by atoms with Crippen molar-refractivity contribution in [2.75, 3.05) is 0 Å². The van der Waals surface area contributed by atoms with E-state index in [1.54, 1.807) is 0 Å². The van der Waals surface area contributed by atoms with E-state index < -0.39 is 5.97 Å². The fourth-order valence-corrected chi connectivity index (χ4v) is 1.65.